The van der Waals surface area contributed by atoms with Gasteiger partial charge in [-0.25, -0.2) is 4.79 Å². The number of methoxy groups -OCH3 is 1. The summed E-state index contributed by atoms with van der Waals surface area (Å²) < 4.78 is 5.10. The number of nitrogens with one attached hydrogen (secondary N) is 2. The Hall–Kier alpha value is -2.57. The van der Waals surface area contributed by atoms with Crippen molar-refractivity contribution in [1.82, 2.24) is 15.5 Å². The molecule has 1 heterocycles. The minimum atomic E-state index is -0.807. The van der Waals surface area contributed by atoms with Gasteiger partial charge >= 0.3 is 6.03 Å². The normalized spacial score (nSPS) is 24.8. The van der Waals surface area contributed by atoms with E-state index in [4.69, 9.17) is 4.74 Å². The molecule has 1 aromatic carbocycles. The Morgan fingerprint density at radius 1 is 1.26 bits per heavy atom. The van der Waals surface area contributed by atoms with Crippen LogP contribution in [0.15, 0.2) is 24.3 Å². The monoisotopic (exact) mass is 373 g/mol. The lowest BCUT2D eigenvalue weighted by molar-refractivity contribution is -0.136. The highest BCUT2D eigenvalue weighted by Crippen LogP contribution is 2.37. The van der Waals surface area contributed by atoms with Gasteiger partial charge in [-0.3, -0.25) is 14.5 Å². The molecule has 3 rings (SSSR count). The summed E-state index contributed by atoms with van der Waals surface area (Å²) in [6, 6.07) is 6.88. The molecule has 0 aromatic heterocycles. The Morgan fingerprint density at radius 3 is 2.52 bits per heavy atom. The molecule has 2 fully saturated rings. The molecule has 1 saturated heterocycles. The zero-order valence-corrected chi connectivity index (χ0v) is 15.9. The van der Waals surface area contributed by atoms with Gasteiger partial charge in [0.1, 0.15) is 17.8 Å². The van der Waals surface area contributed by atoms with Crippen LogP contribution in [0.2, 0.25) is 0 Å². The molecule has 1 spiro atoms. The zero-order chi connectivity index (χ0) is 19.4. The van der Waals surface area contributed by atoms with Gasteiger partial charge in [-0.2, -0.15) is 0 Å². The van der Waals surface area contributed by atoms with Gasteiger partial charge in [0.25, 0.3) is 5.91 Å². The summed E-state index contributed by atoms with van der Waals surface area (Å²) in [5, 5.41) is 5.61. The van der Waals surface area contributed by atoms with Gasteiger partial charge in [0, 0.05) is 6.54 Å². The van der Waals surface area contributed by atoms with Gasteiger partial charge in [0.05, 0.1) is 7.11 Å². The van der Waals surface area contributed by atoms with Gasteiger partial charge in [0.15, 0.2) is 0 Å². The Morgan fingerprint density at radius 2 is 1.93 bits per heavy atom. The second-order valence-electron chi connectivity index (χ2n) is 7.38. The van der Waals surface area contributed by atoms with E-state index in [9.17, 15) is 14.4 Å². The van der Waals surface area contributed by atoms with Crippen molar-refractivity contribution in [2.24, 2.45) is 5.92 Å². The van der Waals surface area contributed by atoms with E-state index >= 15 is 0 Å². The number of rotatable bonds is 6. The molecule has 2 aliphatic rings. The third-order valence-corrected chi connectivity index (χ3v) is 5.73. The summed E-state index contributed by atoms with van der Waals surface area (Å²) in [6.07, 6.45) is 4.26. The quantitative estimate of drug-likeness (QED) is 0.749. The maximum Gasteiger partial charge on any atom is 0.325 e. The first-order chi connectivity index (χ1) is 13.0. The molecule has 1 aliphatic carbocycles. The van der Waals surface area contributed by atoms with Crippen molar-refractivity contribution in [2.45, 2.75) is 51.1 Å². The van der Waals surface area contributed by atoms with E-state index in [-0.39, 0.29) is 18.4 Å². The number of carbonyl (C=O) groups excluding carboxylic acids is 3. The summed E-state index contributed by atoms with van der Waals surface area (Å²) in [7, 11) is 1.59. The highest BCUT2D eigenvalue weighted by Gasteiger charge is 2.52. The van der Waals surface area contributed by atoms with E-state index in [0.29, 0.717) is 25.3 Å². The summed E-state index contributed by atoms with van der Waals surface area (Å²) in [5.74, 6) is 0.741. The number of urea groups is 1. The fraction of sp³-hybridized carbons (Fsp3) is 0.550. The summed E-state index contributed by atoms with van der Waals surface area (Å²) in [6.45, 7) is 2.23. The van der Waals surface area contributed by atoms with Crippen molar-refractivity contribution in [2.75, 3.05) is 13.7 Å². The molecule has 0 unspecified atom stereocenters. The molecule has 1 aromatic rings. The van der Waals surface area contributed by atoms with Crippen LogP contribution in [0.25, 0.3) is 0 Å². The molecule has 0 atom stereocenters. The third-order valence-electron chi connectivity index (χ3n) is 5.73. The van der Waals surface area contributed by atoms with Crippen LogP contribution in [-0.4, -0.2) is 41.9 Å². The number of nitrogens with zero attached hydrogens (tertiary/aromatic N) is 1. The third kappa shape index (κ3) is 4.07. The SMILES string of the molecule is CCC1CCC2(CC1)NC(=O)N(CC(=O)NCc1ccc(OC)cc1)C2=O. The average molecular weight is 373 g/mol. The molecule has 1 aliphatic heterocycles. The molecule has 4 amide bonds. The standard InChI is InChI=1S/C20H27N3O4/c1-3-14-8-10-20(11-9-14)18(25)23(19(26)22-20)13-17(24)21-12-15-4-6-16(27-2)7-5-15/h4-7,14H,3,8-13H2,1-2H3,(H,21,24)(H,22,26). The Bertz CT molecular complexity index is 708. The van der Waals surface area contributed by atoms with Gasteiger partial charge in [-0.05, 0) is 49.3 Å². The van der Waals surface area contributed by atoms with Gasteiger partial charge in [-0.15, -0.1) is 0 Å². The number of amides is 4. The molecule has 7 nitrogen and oxygen atoms in total. The van der Waals surface area contributed by atoms with E-state index in [2.05, 4.69) is 17.6 Å². The van der Waals surface area contributed by atoms with Crippen LogP contribution >= 0.6 is 0 Å². The second kappa shape index (κ2) is 7.98. The number of hydrogen-bond donors (Lipinski definition) is 2. The van der Waals surface area contributed by atoms with Crippen LogP contribution in [0.1, 0.15) is 44.6 Å². The lowest BCUT2D eigenvalue weighted by atomic mass is 9.75. The van der Waals surface area contributed by atoms with Crippen molar-refractivity contribution < 1.29 is 19.1 Å². The minimum absolute atomic E-state index is 0.250. The fourth-order valence-corrected chi connectivity index (χ4v) is 3.88. The maximum absolute atomic E-state index is 12.8. The van der Waals surface area contributed by atoms with Crippen molar-refractivity contribution in [1.29, 1.82) is 0 Å². The van der Waals surface area contributed by atoms with Crippen molar-refractivity contribution in [3.63, 3.8) is 0 Å². The number of benzene rings is 1. The van der Waals surface area contributed by atoms with Crippen LogP contribution in [0.3, 0.4) is 0 Å². The van der Waals surface area contributed by atoms with Crippen molar-refractivity contribution in [3.8, 4) is 5.75 Å². The Labute approximate surface area is 159 Å². The van der Waals surface area contributed by atoms with Crippen molar-refractivity contribution >= 4 is 17.8 Å². The molecule has 7 heteroatoms. The predicted octanol–water partition coefficient (Wildman–Crippen LogP) is 2.20. The summed E-state index contributed by atoms with van der Waals surface area (Å²) in [5.41, 5.74) is 0.106. The molecular formula is C20H27N3O4. The Balaban J connectivity index is 1.54. The van der Waals surface area contributed by atoms with Gasteiger partial charge in [0.2, 0.25) is 5.91 Å². The molecule has 0 bridgehead atoms. The van der Waals surface area contributed by atoms with E-state index < -0.39 is 11.6 Å². The van der Waals surface area contributed by atoms with Crippen LogP contribution in [0, 0.1) is 5.92 Å². The maximum atomic E-state index is 12.8. The molecule has 1 saturated carbocycles. The molecule has 146 valence electrons. The van der Waals surface area contributed by atoms with Crippen LogP contribution in [0.5, 0.6) is 5.75 Å². The number of hydrogen-bond acceptors (Lipinski definition) is 4. The Kier molecular flexibility index (Phi) is 5.68. The number of ether oxygens (including phenoxy) is 1. The smallest absolute Gasteiger partial charge is 0.325 e. The van der Waals surface area contributed by atoms with Crippen LogP contribution in [0.4, 0.5) is 4.79 Å². The van der Waals surface area contributed by atoms with Gasteiger partial charge < -0.3 is 15.4 Å². The summed E-state index contributed by atoms with van der Waals surface area (Å²) >= 11 is 0. The lowest BCUT2D eigenvalue weighted by Gasteiger charge is -2.34. The first kappa shape index (κ1) is 19.2. The lowest BCUT2D eigenvalue weighted by Crippen LogP contribution is -2.50. The van der Waals surface area contributed by atoms with E-state index in [1.165, 1.54) is 0 Å². The number of carbonyl (C=O) groups is 3. The van der Waals surface area contributed by atoms with Crippen LogP contribution in [-0.2, 0) is 16.1 Å². The molecule has 0 radical (unpaired) electrons. The topological polar surface area (TPSA) is 87.7 Å². The fourth-order valence-electron chi connectivity index (χ4n) is 3.88. The minimum Gasteiger partial charge on any atom is -0.497 e. The highest BCUT2D eigenvalue weighted by molar-refractivity contribution is 6.09. The average Bonchev–Trinajstić information content (AvgIpc) is 2.91. The highest BCUT2D eigenvalue weighted by atomic mass is 16.5. The molecular weight excluding hydrogens is 346 g/mol. The largest absolute Gasteiger partial charge is 0.497 e. The van der Waals surface area contributed by atoms with Crippen LogP contribution < -0.4 is 15.4 Å². The predicted molar refractivity (Wildman–Crippen MR) is 100 cm³/mol. The van der Waals surface area contributed by atoms with E-state index in [0.717, 1.165) is 35.5 Å². The van der Waals surface area contributed by atoms with Crippen molar-refractivity contribution in [3.05, 3.63) is 29.8 Å². The molecule has 27 heavy (non-hydrogen) atoms. The summed E-state index contributed by atoms with van der Waals surface area (Å²) in [4.78, 5) is 38.4. The van der Waals surface area contributed by atoms with E-state index in [1.807, 2.05) is 24.3 Å². The first-order valence-electron chi connectivity index (χ1n) is 9.51. The number of imide groups is 1. The first-order valence-corrected chi connectivity index (χ1v) is 9.51. The second-order valence-corrected chi connectivity index (χ2v) is 7.38. The molecule has 2 N–H and O–H groups in total. The zero-order valence-electron chi connectivity index (χ0n) is 15.9. The van der Waals surface area contributed by atoms with E-state index in [1.54, 1.807) is 7.11 Å². The van der Waals surface area contributed by atoms with Gasteiger partial charge in [-0.1, -0.05) is 25.5 Å².